The van der Waals surface area contributed by atoms with Gasteiger partial charge in [-0.25, -0.2) is 0 Å². The average Bonchev–Trinajstić information content (AvgIpc) is 2.97. The van der Waals surface area contributed by atoms with Crippen molar-refractivity contribution >= 4 is 5.91 Å². The molecule has 0 spiro atoms. The molecule has 4 heteroatoms. The molecule has 0 aromatic rings. The number of amides is 1. The van der Waals surface area contributed by atoms with E-state index in [1.807, 2.05) is 0 Å². The third kappa shape index (κ3) is 1.97. The summed E-state index contributed by atoms with van der Waals surface area (Å²) in [7, 11) is 0. The molecule has 0 aromatic heterocycles. The second-order valence-electron chi connectivity index (χ2n) is 6.10. The van der Waals surface area contributed by atoms with Gasteiger partial charge in [0.2, 0.25) is 5.91 Å². The van der Waals surface area contributed by atoms with Crippen molar-refractivity contribution in [3.05, 3.63) is 0 Å². The fourth-order valence-corrected chi connectivity index (χ4v) is 3.60. The Morgan fingerprint density at radius 2 is 2.29 bits per heavy atom. The molecular weight excluding hydrogens is 214 g/mol. The van der Waals surface area contributed by atoms with Gasteiger partial charge in [0.05, 0.1) is 5.41 Å². The van der Waals surface area contributed by atoms with Crippen LogP contribution in [0.3, 0.4) is 0 Å². The number of hydrogen-bond acceptors (Lipinski definition) is 3. The fourth-order valence-electron chi connectivity index (χ4n) is 3.60. The lowest BCUT2D eigenvalue weighted by atomic mass is 9.88. The van der Waals surface area contributed by atoms with Gasteiger partial charge in [-0.2, -0.15) is 0 Å². The van der Waals surface area contributed by atoms with Crippen molar-refractivity contribution in [1.29, 1.82) is 0 Å². The van der Waals surface area contributed by atoms with Gasteiger partial charge in [-0.3, -0.25) is 9.69 Å². The molecule has 3 heterocycles. The maximum Gasteiger partial charge on any atom is 0.227 e. The van der Waals surface area contributed by atoms with Crippen LogP contribution in [0.1, 0.15) is 32.6 Å². The Balaban J connectivity index is 1.61. The predicted octanol–water partition coefficient (Wildman–Crippen LogP) is 0.339. The number of fused-ring (bicyclic) bond motifs is 1. The molecule has 3 unspecified atom stereocenters. The highest BCUT2D eigenvalue weighted by molar-refractivity contribution is 5.83. The molecule has 96 valence electrons. The molecule has 0 aliphatic carbocycles. The summed E-state index contributed by atoms with van der Waals surface area (Å²) < 4.78 is 0. The maximum absolute atomic E-state index is 12.3. The largest absolute Gasteiger partial charge is 0.351 e. The van der Waals surface area contributed by atoms with Crippen molar-refractivity contribution < 1.29 is 4.79 Å². The van der Waals surface area contributed by atoms with Gasteiger partial charge in [-0.1, -0.05) is 0 Å². The number of nitrogens with zero attached hydrogens (tertiary/aromatic N) is 1. The minimum Gasteiger partial charge on any atom is -0.351 e. The molecule has 3 saturated heterocycles. The highest BCUT2D eigenvalue weighted by Gasteiger charge is 2.42. The summed E-state index contributed by atoms with van der Waals surface area (Å²) in [6, 6.07) is 1.03. The summed E-state index contributed by atoms with van der Waals surface area (Å²) in [4.78, 5) is 14.9. The van der Waals surface area contributed by atoms with Crippen LogP contribution in [0.15, 0.2) is 0 Å². The first-order valence-corrected chi connectivity index (χ1v) is 6.95. The lowest BCUT2D eigenvalue weighted by Gasteiger charge is -2.27. The number of nitrogens with one attached hydrogen (secondary N) is 2. The second kappa shape index (κ2) is 4.25. The topological polar surface area (TPSA) is 44.4 Å². The third-order valence-corrected chi connectivity index (χ3v) is 4.84. The van der Waals surface area contributed by atoms with Crippen molar-refractivity contribution in [1.82, 2.24) is 15.5 Å². The van der Waals surface area contributed by atoms with Gasteiger partial charge in [-0.15, -0.1) is 0 Å². The number of rotatable bonds is 2. The standard InChI is InChI=1S/C13H23N3O/c1-13(5-6-14-9-13)12(17)15-10-4-8-16-7-2-3-11(10)16/h10-11,14H,2-9H2,1H3,(H,15,17). The van der Waals surface area contributed by atoms with Crippen LogP contribution in [0.25, 0.3) is 0 Å². The number of carbonyl (C=O) groups is 1. The SMILES string of the molecule is CC1(C(=O)NC2CCN3CCCC23)CCNC1. The molecular formula is C13H23N3O. The van der Waals surface area contributed by atoms with E-state index in [-0.39, 0.29) is 11.3 Å². The first-order chi connectivity index (χ1) is 8.19. The zero-order valence-electron chi connectivity index (χ0n) is 10.7. The van der Waals surface area contributed by atoms with Crippen LogP contribution in [-0.2, 0) is 4.79 Å². The van der Waals surface area contributed by atoms with E-state index in [2.05, 4.69) is 22.5 Å². The quantitative estimate of drug-likeness (QED) is 0.728. The summed E-state index contributed by atoms with van der Waals surface area (Å²) in [6.07, 6.45) is 4.68. The van der Waals surface area contributed by atoms with Crippen LogP contribution >= 0.6 is 0 Å². The highest BCUT2D eigenvalue weighted by atomic mass is 16.2. The van der Waals surface area contributed by atoms with E-state index < -0.39 is 0 Å². The molecule has 1 amide bonds. The van der Waals surface area contributed by atoms with E-state index in [0.29, 0.717) is 12.1 Å². The molecule has 2 N–H and O–H groups in total. The van der Waals surface area contributed by atoms with Gasteiger partial charge in [-0.05, 0) is 45.7 Å². The van der Waals surface area contributed by atoms with Gasteiger partial charge in [0, 0.05) is 25.2 Å². The van der Waals surface area contributed by atoms with Crippen LogP contribution in [0, 0.1) is 5.41 Å². The predicted molar refractivity (Wildman–Crippen MR) is 66.7 cm³/mol. The molecule has 3 atom stereocenters. The number of carbonyl (C=O) groups excluding carboxylic acids is 1. The molecule has 0 aromatic carbocycles. The molecule has 0 radical (unpaired) electrons. The van der Waals surface area contributed by atoms with Crippen molar-refractivity contribution in [3.63, 3.8) is 0 Å². The zero-order valence-corrected chi connectivity index (χ0v) is 10.7. The Labute approximate surface area is 103 Å². The summed E-state index contributed by atoms with van der Waals surface area (Å²) in [5.41, 5.74) is -0.175. The van der Waals surface area contributed by atoms with Gasteiger partial charge < -0.3 is 10.6 Å². The van der Waals surface area contributed by atoms with Crippen LogP contribution in [0.4, 0.5) is 0 Å². The van der Waals surface area contributed by atoms with Crippen molar-refractivity contribution in [2.24, 2.45) is 5.41 Å². The normalized spacial score (nSPS) is 41.7. The van der Waals surface area contributed by atoms with Crippen LogP contribution in [-0.4, -0.2) is 49.1 Å². The minimum atomic E-state index is -0.175. The Kier molecular flexibility index (Phi) is 2.87. The van der Waals surface area contributed by atoms with E-state index in [4.69, 9.17) is 0 Å². The van der Waals surface area contributed by atoms with Gasteiger partial charge in [0.1, 0.15) is 0 Å². The van der Waals surface area contributed by atoms with E-state index in [0.717, 1.165) is 25.9 Å². The van der Waals surface area contributed by atoms with Crippen molar-refractivity contribution in [2.75, 3.05) is 26.2 Å². The molecule has 4 nitrogen and oxygen atoms in total. The Morgan fingerprint density at radius 3 is 3.06 bits per heavy atom. The monoisotopic (exact) mass is 237 g/mol. The Morgan fingerprint density at radius 1 is 1.41 bits per heavy atom. The van der Waals surface area contributed by atoms with E-state index in [1.54, 1.807) is 0 Å². The minimum absolute atomic E-state index is 0.175. The smallest absolute Gasteiger partial charge is 0.227 e. The summed E-state index contributed by atoms with van der Waals surface area (Å²) in [5.74, 6) is 0.265. The lowest BCUT2D eigenvalue weighted by Crippen LogP contribution is -2.48. The van der Waals surface area contributed by atoms with Gasteiger partial charge >= 0.3 is 0 Å². The molecule has 17 heavy (non-hydrogen) atoms. The fraction of sp³-hybridized carbons (Fsp3) is 0.923. The lowest BCUT2D eigenvalue weighted by molar-refractivity contribution is -0.130. The van der Waals surface area contributed by atoms with Crippen LogP contribution < -0.4 is 10.6 Å². The Hall–Kier alpha value is -0.610. The molecule has 0 saturated carbocycles. The van der Waals surface area contributed by atoms with Crippen LogP contribution in [0.2, 0.25) is 0 Å². The molecule has 3 aliphatic rings. The van der Waals surface area contributed by atoms with Crippen molar-refractivity contribution in [3.8, 4) is 0 Å². The second-order valence-corrected chi connectivity index (χ2v) is 6.10. The number of hydrogen-bond donors (Lipinski definition) is 2. The molecule has 3 aliphatic heterocycles. The molecule has 3 rings (SSSR count). The van der Waals surface area contributed by atoms with E-state index in [9.17, 15) is 4.79 Å². The van der Waals surface area contributed by atoms with Gasteiger partial charge in [0.25, 0.3) is 0 Å². The summed E-state index contributed by atoms with van der Waals surface area (Å²) in [6.45, 7) is 6.30. The summed E-state index contributed by atoms with van der Waals surface area (Å²) in [5, 5.41) is 6.61. The first-order valence-electron chi connectivity index (χ1n) is 6.95. The van der Waals surface area contributed by atoms with Crippen LogP contribution in [0.5, 0.6) is 0 Å². The average molecular weight is 237 g/mol. The molecule has 0 bridgehead atoms. The van der Waals surface area contributed by atoms with Gasteiger partial charge in [0.15, 0.2) is 0 Å². The van der Waals surface area contributed by atoms with E-state index >= 15 is 0 Å². The van der Waals surface area contributed by atoms with Crippen molar-refractivity contribution in [2.45, 2.75) is 44.7 Å². The Bertz CT molecular complexity index is 312. The third-order valence-electron chi connectivity index (χ3n) is 4.84. The maximum atomic E-state index is 12.3. The van der Waals surface area contributed by atoms with E-state index in [1.165, 1.54) is 25.9 Å². The highest BCUT2D eigenvalue weighted by Crippen LogP contribution is 2.30. The first kappa shape index (κ1) is 11.5. The zero-order chi connectivity index (χ0) is 11.9. The summed E-state index contributed by atoms with van der Waals surface area (Å²) >= 11 is 0. The molecule has 3 fully saturated rings.